The number of aromatic nitrogens is 1. The molecule has 1 heterocycles. The summed E-state index contributed by atoms with van der Waals surface area (Å²) < 4.78 is 5.20. The van der Waals surface area contributed by atoms with Gasteiger partial charge in [0.1, 0.15) is 5.01 Å². The van der Waals surface area contributed by atoms with Gasteiger partial charge in [-0.15, -0.1) is 0 Å². The molecule has 0 saturated heterocycles. The molecule has 0 atom stereocenters. The van der Waals surface area contributed by atoms with Gasteiger partial charge in [0.2, 0.25) is 0 Å². The van der Waals surface area contributed by atoms with E-state index in [2.05, 4.69) is 4.98 Å². The molecule has 0 N–H and O–H groups in total. The Kier molecular flexibility index (Phi) is 2.93. The molecule has 0 aliphatic rings. The largest absolute Gasteiger partial charge is 0.486 e. The van der Waals surface area contributed by atoms with Crippen LogP contribution >= 0.6 is 22.9 Å². The number of halogens is 1. The van der Waals surface area contributed by atoms with Crippen LogP contribution in [0.3, 0.4) is 0 Å². The first-order valence-electron chi connectivity index (χ1n) is 4.48. The van der Waals surface area contributed by atoms with E-state index in [1.807, 2.05) is 31.2 Å². The third kappa shape index (κ3) is 2.13. The number of hydrogen-bond donors (Lipinski definition) is 0. The third-order valence-electron chi connectivity index (χ3n) is 2.03. The molecule has 2 aromatic rings. The van der Waals surface area contributed by atoms with Gasteiger partial charge in [-0.25, -0.2) is 4.98 Å². The minimum atomic E-state index is 0.735. The van der Waals surface area contributed by atoms with Gasteiger partial charge in [-0.2, -0.15) is 0 Å². The number of nitrogens with zero attached hydrogens (tertiary/aromatic N) is 1. The summed E-state index contributed by atoms with van der Waals surface area (Å²) in [7, 11) is 1.66. The zero-order chi connectivity index (χ0) is 10.8. The van der Waals surface area contributed by atoms with Crippen LogP contribution in [-0.4, -0.2) is 12.1 Å². The van der Waals surface area contributed by atoms with Crippen molar-refractivity contribution in [3.8, 4) is 15.6 Å². The summed E-state index contributed by atoms with van der Waals surface area (Å²) in [4.78, 5) is 4.43. The third-order valence-corrected chi connectivity index (χ3v) is 3.45. The van der Waals surface area contributed by atoms with E-state index in [1.165, 1.54) is 0 Å². The van der Waals surface area contributed by atoms with E-state index < -0.39 is 0 Å². The Balaban J connectivity index is 2.41. The van der Waals surface area contributed by atoms with Crippen LogP contribution in [0.15, 0.2) is 24.3 Å². The first kappa shape index (κ1) is 10.5. The number of rotatable bonds is 2. The fraction of sp³-hybridized carbons (Fsp3) is 0.182. The fourth-order valence-electron chi connectivity index (χ4n) is 1.29. The molecule has 0 fully saturated rings. The lowest BCUT2D eigenvalue weighted by Crippen LogP contribution is -1.80. The van der Waals surface area contributed by atoms with Crippen molar-refractivity contribution in [1.82, 2.24) is 4.98 Å². The standard InChI is InChI=1S/C11H10ClNOS/c1-7-11(14-2)15-10(13-7)8-3-5-9(12)6-4-8/h3-6H,1-2H3. The highest BCUT2D eigenvalue weighted by atomic mass is 35.5. The molecule has 0 bridgehead atoms. The lowest BCUT2D eigenvalue weighted by atomic mass is 10.2. The average Bonchev–Trinajstić information content (AvgIpc) is 2.61. The maximum absolute atomic E-state index is 5.82. The van der Waals surface area contributed by atoms with Gasteiger partial charge >= 0.3 is 0 Å². The number of methoxy groups -OCH3 is 1. The molecular weight excluding hydrogens is 230 g/mol. The predicted molar refractivity (Wildman–Crippen MR) is 63.8 cm³/mol. The molecule has 1 aromatic heterocycles. The van der Waals surface area contributed by atoms with Gasteiger partial charge in [-0.1, -0.05) is 35.1 Å². The van der Waals surface area contributed by atoms with Crippen LogP contribution in [0.5, 0.6) is 5.06 Å². The number of hydrogen-bond acceptors (Lipinski definition) is 3. The lowest BCUT2D eigenvalue weighted by molar-refractivity contribution is 0.423. The number of thiazole rings is 1. The molecule has 4 heteroatoms. The minimum absolute atomic E-state index is 0.735. The SMILES string of the molecule is COc1sc(-c2ccc(Cl)cc2)nc1C. The molecule has 0 unspecified atom stereocenters. The normalized spacial score (nSPS) is 10.3. The number of aryl methyl sites for hydroxylation is 1. The Labute approximate surface area is 97.5 Å². The van der Waals surface area contributed by atoms with Crippen LogP contribution in [0.1, 0.15) is 5.69 Å². The van der Waals surface area contributed by atoms with Crippen molar-refractivity contribution in [1.29, 1.82) is 0 Å². The Morgan fingerprint density at radius 3 is 2.47 bits per heavy atom. The van der Waals surface area contributed by atoms with Crippen molar-refractivity contribution < 1.29 is 4.74 Å². The Bertz CT molecular complexity index is 464. The quantitative estimate of drug-likeness (QED) is 0.796. The van der Waals surface area contributed by atoms with Gasteiger partial charge in [0, 0.05) is 10.6 Å². The molecular formula is C11H10ClNOS. The van der Waals surface area contributed by atoms with Crippen LogP contribution in [0.25, 0.3) is 10.6 Å². The van der Waals surface area contributed by atoms with Gasteiger partial charge in [0.15, 0.2) is 5.06 Å². The van der Waals surface area contributed by atoms with Crippen molar-refractivity contribution >= 4 is 22.9 Å². The molecule has 2 nitrogen and oxygen atoms in total. The first-order chi connectivity index (χ1) is 7.20. The molecule has 0 amide bonds. The van der Waals surface area contributed by atoms with Gasteiger partial charge in [-0.05, 0) is 19.1 Å². The summed E-state index contributed by atoms with van der Waals surface area (Å²) in [5.41, 5.74) is 1.99. The van der Waals surface area contributed by atoms with E-state index in [4.69, 9.17) is 16.3 Å². The van der Waals surface area contributed by atoms with E-state index in [-0.39, 0.29) is 0 Å². The smallest absolute Gasteiger partial charge is 0.197 e. The highest BCUT2D eigenvalue weighted by Crippen LogP contribution is 2.33. The second-order valence-electron chi connectivity index (χ2n) is 3.10. The number of benzene rings is 1. The van der Waals surface area contributed by atoms with Gasteiger partial charge in [0.25, 0.3) is 0 Å². The average molecular weight is 240 g/mol. The summed E-state index contributed by atoms with van der Waals surface area (Å²) >= 11 is 7.36. The van der Waals surface area contributed by atoms with Crippen LogP contribution in [0, 0.1) is 6.92 Å². The van der Waals surface area contributed by atoms with Crippen molar-refractivity contribution in [2.24, 2.45) is 0 Å². The summed E-state index contributed by atoms with van der Waals surface area (Å²) in [5, 5.41) is 2.56. The molecule has 0 radical (unpaired) electrons. The van der Waals surface area contributed by atoms with Gasteiger partial charge < -0.3 is 4.74 Å². The van der Waals surface area contributed by atoms with Crippen LogP contribution < -0.4 is 4.74 Å². The van der Waals surface area contributed by atoms with E-state index >= 15 is 0 Å². The Morgan fingerprint density at radius 2 is 1.93 bits per heavy atom. The van der Waals surface area contributed by atoms with Crippen molar-refractivity contribution in [3.63, 3.8) is 0 Å². The van der Waals surface area contributed by atoms with E-state index in [9.17, 15) is 0 Å². The molecule has 2 rings (SSSR count). The summed E-state index contributed by atoms with van der Waals surface area (Å²) in [6.07, 6.45) is 0. The zero-order valence-electron chi connectivity index (χ0n) is 8.45. The Morgan fingerprint density at radius 1 is 1.27 bits per heavy atom. The summed E-state index contributed by atoms with van der Waals surface area (Å²) in [5.74, 6) is 0. The van der Waals surface area contributed by atoms with E-state index in [0.717, 1.165) is 26.4 Å². The topological polar surface area (TPSA) is 22.1 Å². The highest BCUT2D eigenvalue weighted by Gasteiger charge is 2.08. The van der Waals surface area contributed by atoms with Crippen molar-refractivity contribution in [2.75, 3.05) is 7.11 Å². The lowest BCUT2D eigenvalue weighted by Gasteiger charge is -1.95. The summed E-state index contributed by atoms with van der Waals surface area (Å²) in [6.45, 7) is 1.94. The highest BCUT2D eigenvalue weighted by molar-refractivity contribution is 7.17. The maximum atomic E-state index is 5.82. The monoisotopic (exact) mass is 239 g/mol. The van der Waals surface area contributed by atoms with Crippen molar-refractivity contribution in [2.45, 2.75) is 6.92 Å². The first-order valence-corrected chi connectivity index (χ1v) is 5.67. The van der Waals surface area contributed by atoms with Gasteiger partial charge in [0.05, 0.1) is 12.8 Å². The second kappa shape index (κ2) is 4.21. The van der Waals surface area contributed by atoms with Crippen LogP contribution in [-0.2, 0) is 0 Å². The van der Waals surface area contributed by atoms with Crippen LogP contribution in [0.2, 0.25) is 5.02 Å². The van der Waals surface area contributed by atoms with E-state index in [0.29, 0.717) is 0 Å². The number of ether oxygens (including phenoxy) is 1. The molecule has 0 spiro atoms. The fourth-order valence-corrected chi connectivity index (χ4v) is 2.30. The van der Waals surface area contributed by atoms with Crippen LogP contribution in [0.4, 0.5) is 0 Å². The summed E-state index contributed by atoms with van der Waals surface area (Å²) in [6, 6.07) is 7.64. The zero-order valence-corrected chi connectivity index (χ0v) is 10.0. The second-order valence-corrected chi connectivity index (χ2v) is 4.50. The predicted octanol–water partition coefficient (Wildman–Crippen LogP) is 3.78. The maximum Gasteiger partial charge on any atom is 0.197 e. The minimum Gasteiger partial charge on any atom is -0.486 e. The Hall–Kier alpha value is -1.06. The molecule has 15 heavy (non-hydrogen) atoms. The van der Waals surface area contributed by atoms with Crippen molar-refractivity contribution in [3.05, 3.63) is 35.0 Å². The molecule has 1 aromatic carbocycles. The molecule has 0 aliphatic heterocycles. The van der Waals surface area contributed by atoms with E-state index in [1.54, 1.807) is 18.4 Å². The molecule has 0 aliphatic carbocycles. The molecule has 0 saturated carbocycles. The molecule has 78 valence electrons. The van der Waals surface area contributed by atoms with Gasteiger partial charge in [-0.3, -0.25) is 0 Å².